The summed E-state index contributed by atoms with van der Waals surface area (Å²) in [6.45, 7) is 0. The molecule has 10 heteroatoms. The van der Waals surface area contributed by atoms with Gasteiger partial charge in [-0.05, 0) is 18.2 Å². The lowest BCUT2D eigenvalue weighted by atomic mass is 10.1. The van der Waals surface area contributed by atoms with Crippen LogP contribution >= 0.6 is 0 Å². The second-order valence-corrected chi connectivity index (χ2v) is 4.42. The van der Waals surface area contributed by atoms with Gasteiger partial charge < -0.3 is 10.2 Å². The summed E-state index contributed by atoms with van der Waals surface area (Å²) >= 11 is 0. The Morgan fingerprint density at radius 1 is 1.04 bits per heavy atom. The summed E-state index contributed by atoms with van der Waals surface area (Å²) in [5, 5.41) is 24.1. The van der Waals surface area contributed by atoms with Gasteiger partial charge in [0.05, 0.1) is 22.5 Å². The predicted octanol–water partition coefficient (Wildman–Crippen LogP) is 2.70. The molecule has 24 heavy (non-hydrogen) atoms. The van der Waals surface area contributed by atoms with E-state index in [-0.39, 0.29) is 22.7 Å². The maximum atomic E-state index is 12.3. The first kappa shape index (κ1) is 16.8. The number of amides is 1. The molecule has 0 atom stereocenters. The fourth-order valence-electron chi connectivity index (χ4n) is 1.88. The minimum Gasteiger partial charge on any atom is -0.330 e. The van der Waals surface area contributed by atoms with E-state index in [0.29, 0.717) is 0 Å². The van der Waals surface area contributed by atoms with E-state index >= 15 is 0 Å². The molecule has 0 heterocycles. The molecular weight excluding hydrogens is 322 g/mol. The highest BCUT2D eigenvalue weighted by Crippen LogP contribution is 2.31. The van der Waals surface area contributed by atoms with Crippen molar-refractivity contribution in [3.05, 3.63) is 68.3 Å². The number of benzene rings is 2. The van der Waals surface area contributed by atoms with E-state index in [0.717, 1.165) is 13.2 Å². The number of nitro benzene ring substituents is 2. The Labute approximate surface area is 134 Å². The second kappa shape index (κ2) is 7.15. The first-order valence-electron chi connectivity index (χ1n) is 6.48. The van der Waals surface area contributed by atoms with Crippen molar-refractivity contribution in [1.29, 1.82) is 0 Å². The van der Waals surface area contributed by atoms with Gasteiger partial charge in [0.25, 0.3) is 17.3 Å². The number of nitrogens with zero attached hydrogens (tertiary/aromatic N) is 2. The molecule has 1 amide bonds. The van der Waals surface area contributed by atoms with Crippen molar-refractivity contribution >= 4 is 23.0 Å². The Morgan fingerprint density at radius 3 is 2.25 bits per heavy atom. The highest BCUT2D eigenvalue weighted by atomic mass is 17.2. The number of non-ortho nitro benzene ring substituents is 1. The molecule has 0 aliphatic carbocycles. The van der Waals surface area contributed by atoms with Crippen LogP contribution in [0.4, 0.5) is 17.1 Å². The molecule has 10 nitrogen and oxygen atoms in total. The van der Waals surface area contributed by atoms with Crippen molar-refractivity contribution in [1.82, 2.24) is 0 Å². The van der Waals surface area contributed by atoms with Gasteiger partial charge in [0.15, 0.2) is 0 Å². The van der Waals surface area contributed by atoms with Gasteiger partial charge in [-0.3, -0.25) is 25.0 Å². The second-order valence-electron chi connectivity index (χ2n) is 4.42. The molecule has 1 N–H and O–H groups in total. The quantitative estimate of drug-likeness (QED) is 0.488. The zero-order chi connectivity index (χ0) is 17.7. The van der Waals surface area contributed by atoms with Crippen LogP contribution in [0.3, 0.4) is 0 Å². The van der Waals surface area contributed by atoms with Crippen molar-refractivity contribution < 1.29 is 24.4 Å². The molecule has 0 bridgehead atoms. The third-order valence-electron chi connectivity index (χ3n) is 2.94. The molecule has 0 aromatic heterocycles. The summed E-state index contributed by atoms with van der Waals surface area (Å²) in [5.74, 6) is -1.04. The summed E-state index contributed by atoms with van der Waals surface area (Å²) in [4.78, 5) is 41.8. The van der Waals surface area contributed by atoms with Gasteiger partial charge in [0.1, 0.15) is 0 Å². The number of hydrogen-bond acceptors (Lipinski definition) is 7. The molecule has 0 aliphatic heterocycles. The lowest BCUT2D eigenvalue weighted by molar-refractivity contribution is -0.388. The largest absolute Gasteiger partial charge is 0.330 e. The van der Waals surface area contributed by atoms with Crippen LogP contribution < -0.4 is 10.2 Å². The Kier molecular flexibility index (Phi) is 5.02. The SMILES string of the molecule is COOc1c(C(=O)Nc2ccc([N+](=O)[O-])cc2)cccc1[N+](=O)[O-]. The van der Waals surface area contributed by atoms with Crippen LogP contribution in [0.15, 0.2) is 42.5 Å². The third-order valence-corrected chi connectivity index (χ3v) is 2.94. The number of hydrogen-bond donors (Lipinski definition) is 1. The first-order chi connectivity index (χ1) is 11.4. The van der Waals surface area contributed by atoms with Gasteiger partial charge >= 0.3 is 5.69 Å². The van der Waals surface area contributed by atoms with E-state index < -0.39 is 21.4 Å². The van der Waals surface area contributed by atoms with Crippen LogP contribution in [0.25, 0.3) is 0 Å². The topological polar surface area (TPSA) is 134 Å². The molecule has 0 fully saturated rings. The van der Waals surface area contributed by atoms with Crippen molar-refractivity contribution in [2.24, 2.45) is 0 Å². The van der Waals surface area contributed by atoms with Crippen molar-refractivity contribution in [2.45, 2.75) is 0 Å². The molecule has 2 aromatic rings. The van der Waals surface area contributed by atoms with Gasteiger partial charge in [0, 0.05) is 23.9 Å². The molecule has 2 aromatic carbocycles. The Hall–Kier alpha value is -3.53. The van der Waals surface area contributed by atoms with E-state index in [2.05, 4.69) is 10.2 Å². The van der Waals surface area contributed by atoms with Crippen LogP contribution in [-0.2, 0) is 4.89 Å². The number of para-hydroxylation sites is 1. The smallest absolute Gasteiger partial charge is 0.315 e. The van der Waals surface area contributed by atoms with Gasteiger partial charge in [-0.25, -0.2) is 0 Å². The zero-order valence-corrected chi connectivity index (χ0v) is 12.3. The maximum Gasteiger partial charge on any atom is 0.315 e. The average molecular weight is 333 g/mol. The van der Waals surface area contributed by atoms with Crippen LogP contribution in [0.2, 0.25) is 0 Å². The lowest BCUT2D eigenvalue weighted by Gasteiger charge is -2.09. The van der Waals surface area contributed by atoms with E-state index in [9.17, 15) is 25.0 Å². The minimum atomic E-state index is -0.711. The highest BCUT2D eigenvalue weighted by molar-refractivity contribution is 6.07. The fourth-order valence-corrected chi connectivity index (χ4v) is 1.88. The van der Waals surface area contributed by atoms with Crippen molar-refractivity contribution in [2.75, 3.05) is 12.4 Å². The average Bonchev–Trinajstić information content (AvgIpc) is 2.55. The third kappa shape index (κ3) is 3.62. The van der Waals surface area contributed by atoms with Crippen LogP contribution in [0, 0.1) is 20.2 Å². The zero-order valence-electron chi connectivity index (χ0n) is 12.3. The summed E-state index contributed by atoms with van der Waals surface area (Å²) in [5.41, 5.74) is -0.412. The summed E-state index contributed by atoms with van der Waals surface area (Å²) in [6.07, 6.45) is 0. The number of carbonyl (C=O) groups is 1. The Morgan fingerprint density at radius 2 is 1.71 bits per heavy atom. The number of nitro groups is 2. The fraction of sp³-hybridized carbons (Fsp3) is 0.0714. The summed E-state index contributed by atoms with van der Waals surface area (Å²) in [6, 6.07) is 8.92. The Bertz CT molecular complexity index is 789. The van der Waals surface area contributed by atoms with E-state index in [1.807, 2.05) is 0 Å². The van der Waals surface area contributed by atoms with Crippen molar-refractivity contribution in [3.8, 4) is 5.75 Å². The van der Waals surface area contributed by atoms with Crippen LogP contribution in [-0.4, -0.2) is 22.9 Å². The first-order valence-corrected chi connectivity index (χ1v) is 6.48. The van der Waals surface area contributed by atoms with Crippen LogP contribution in [0.5, 0.6) is 5.75 Å². The van der Waals surface area contributed by atoms with E-state index in [1.54, 1.807) is 0 Å². The number of nitrogens with one attached hydrogen (secondary N) is 1. The van der Waals surface area contributed by atoms with E-state index in [1.165, 1.54) is 36.4 Å². The maximum absolute atomic E-state index is 12.3. The van der Waals surface area contributed by atoms with Crippen molar-refractivity contribution in [3.63, 3.8) is 0 Å². The monoisotopic (exact) mass is 333 g/mol. The van der Waals surface area contributed by atoms with E-state index in [4.69, 9.17) is 4.89 Å². The predicted molar refractivity (Wildman–Crippen MR) is 81.8 cm³/mol. The molecule has 124 valence electrons. The molecule has 2 rings (SSSR count). The summed E-state index contributed by atoms with van der Waals surface area (Å²) in [7, 11) is 1.15. The molecule has 0 aliphatic rings. The van der Waals surface area contributed by atoms with Gasteiger partial charge in [-0.1, -0.05) is 6.07 Å². The summed E-state index contributed by atoms with van der Waals surface area (Å²) < 4.78 is 0. The Balaban J connectivity index is 2.30. The molecule has 0 saturated carbocycles. The minimum absolute atomic E-state index is 0.121. The van der Waals surface area contributed by atoms with Gasteiger partial charge in [-0.2, -0.15) is 4.89 Å². The number of rotatable bonds is 6. The molecule has 0 spiro atoms. The molecule has 0 radical (unpaired) electrons. The van der Waals surface area contributed by atoms with Crippen LogP contribution in [0.1, 0.15) is 10.4 Å². The molecular formula is C14H11N3O7. The number of carbonyl (C=O) groups excluding carboxylic acids is 1. The standard InChI is InChI=1S/C14H11N3O7/c1-23-24-13-11(3-2-4-12(13)17(21)22)14(18)15-9-5-7-10(8-6-9)16(19)20/h2-8H,1H3,(H,15,18). The normalized spacial score (nSPS) is 10.0. The molecule has 0 unspecified atom stereocenters. The van der Waals surface area contributed by atoms with Gasteiger partial charge in [-0.15, -0.1) is 0 Å². The molecule has 0 saturated heterocycles. The highest BCUT2D eigenvalue weighted by Gasteiger charge is 2.24. The van der Waals surface area contributed by atoms with Gasteiger partial charge in [0.2, 0.25) is 0 Å². The lowest BCUT2D eigenvalue weighted by Crippen LogP contribution is -2.14. The number of anilines is 1.